The molecule has 410 valence electrons. The number of aromatic nitrogens is 2. The van der Waals surface area contributed by atoms with E-state index in [1.165, 1.54) is 77.4 Å². The fourth-order valence-corrected chi connectivity index (χ4v) is 8.70. The average Bonchev–Trinajstić information content (AvgIpc) is 3.91. The molecule has 0 bridgehead atoms. The van der Waals surface area contributed by atoms with Crippen molar-refractivity contribution in [1.29, 1.82) is 0 Å². The first kappa shape index (κ1) is 55.4. The molecule has 1 aromatic heterocycles. The molecule has 2 fully saturated rings. The van der Waals surface area contributed by atoms with Gasteiger partial charge in [0.1, 0.15) is 31.2 Å². The van der Waals surface area contributed by atoms with Crippen LogP contribution in [0.4, 0.5) is 4.39 Å². The number of nitrogens with zero attached hydrogens (tertiary/aromatic N) is 2. The molecule has 20 heteroatoms. The van der Waals surface area contributed by atoms with Gasteiger partial charge in [0, 0.05) is 0 Å². The first-order chi connectivity index (χ1) is 38.9. The van der Waals surface area contributed by atoms with Gasteiger partial charge >= 0.3 is 41.8 Å². The number of aryl methyl sites for hydroxylation is 1. The van der Waals surface area contributed by atoms with Crippen molar-refractivity contribution in [3.05, 3.63) is 234 Å². The zero-order valence-electron chi connectivity index (χ0n) is 42.7. The van der Waals surface area contributed by atoms with E-state index in [1.807, 2.05) is 0 Å². The number of rotatable bonds is 19. The van der Waals surface area contributed by atoms with Crippen molar-refractivity contribution in [2.75, 3.05) is 13.2 Å². The van der Waals surface area contributed by atoms with Crippen LogP contribution in [0.5, 0.6) is 0 Å². The van der Waals surface area contributed by atoms with Crippen molar-refractivity contribution in [2.24, 2.45) is 7.05 Å². The Bertz CT molecular complexity index is 3230. The molecular weight excluding hydrogens is 1040 g/mol. The molecule has 80 heavy (non-hydrogen) atoms. The number of carbonyl (C=O) groups is 7. The highest BCUT2D eigenvalue weighted by atomic mass is 19.1. The van der Waals surface area contributed by atoms with Gasteiger partial charge in [-0.05, 0) is 72.8 Å². The van der Waals surface area contributed by atoms with Gasteiger partial charge in [0.15, 0.2) is 49.5 Å². The van der Waals surface area contributed by atoms with E-state index in [1.54, 1.807) is 140 Å². The van der Waals surface area contributed by atoms with Crippen LogP contribution in [0.3, 0.4) is 0 Å². The Morgan fingerprint density at radius 1 is 0.438 bits per heavy atom. The van der Waals surface area contributed by atoms with Crippen LogP contribution in [-0.4, -0.2) is 121 Å². The second-order valence-electron chi connectivity index (χ2n) is 18.3. The summed E-state index contributed by atoms with van der Waals surface area (Å²) in [6.07, 6.45) is -14.4. The Balaban J connectivity index is 1.11. The molecule has 2 aliphatic rings. The maximum Gasteiger partial charge on any atom is 0.348 e. The summed E-state index contributed by atoms with van der Waals surface area (Å²) in [7, 11) is 1.75. The van der Waals surface area contributed by atoms with Gasteiger partial charge in [-0.2, -0.15) is 0 Å². The highest BCUT2D eigenvalue weighted by Gasteiger charge is 2.56. The predicted octanol–water partition coefficient (Wildman–Crippen LogP) is 6.65. The zero-order valence-corrected chi connectivity index (χ0v) is 42.7. The standard InChI is InChI=1S/C60H52FN2O17/c1-62-32-33-63(37-62)34-46(64)71-35-45-48(76-55(66)39-22-10-3-11-23-39)50(78-57(68)41-26-14-5-15-27-41)52(80-59(70)43-30-18-7-19-31-43)60(74-45)72-36-44-47(75-54(65)38-20-8-2-9-21-38)49(77-56(67)40-24-12-4-13-25-40)51(53(61)73-44)79-58(69)42-28-16-6-17-29-42/h2-33,37,44-45,47-53,60H,34-36H2,1H3/q+1. The highest BCUT2D eigenvalue weighted by Crippen LogP contribution is 2.35. The summed E-state index contributed by atoms with van der Waals surface area (Å²) in [6.45, 7) is -1.87. The fraction of sp³-hybridized carbons (Fsp3) is 0.233. The van der Waals surface area contributed by atoms with Crippen LogP contribution in [0.15, 0.2) is 201 Å². The Hall–Kier alpha value is -9.37. The van der Waals surface area contributed by atoms with E-state index < -0.39 is 116 Å². The first-order valence-corrected chi connectivity index (χ1v) is 25.2. The van der Waals surface area contributed by atoms with Gasteiger partial charge in [-0.25, -0.2) is 47.1 Å². The SMILES string of the molecule is C[n+]1ccn(CC(=O)OCC2OC(OCC3OC(F)C(OC(=O)c4ccccc4)C(OC(=O)c4ccccc4)C3OC(=O)c3ccccc3)C(OC(=O)c3ccccc3)C(OC(=O)c3ccccc3)C2OC(=O)c2ccccc2)c1. The normalized spacial score (nSPS) is 22.3. The number of esters is 7. The van der Waals surface area contributed by atoms with E-state index in [0.29, 0.717) is 0 Å². The molecule has 0 aliphatic carbocycles. The molecule has 0 amide bonds. The fourth-order valence-electron chi connectivity index (χ4n) is 8.70. The summed E-state index contributed by atoms with van der Waals surface area (Å²) in [5, 5.41) is 0. The van der Waals surface area contributed by atoms with Crippen molar-refractivity contribution >= 4 is 41.8 Å². The van der Waals surface area contributed by atoms with Crippen molar-refractivity contribution in [3.8, 4) is 0 Å². The zero-order chi connectivity index (χ0) is 56.0. The number of hydrogen-bond donors (Lipinski definition) is 0. The molecule has 0 spiro atoms. The van der Waals surface area contributed by atoms with Crippen molar-refractivity contribution < 1.29 is 89.9 Å². The quantitative estimate of drug-likeness (QED) is 0.0470. The number of carbonyl (C=O) groups excluding carboxylic acids is 7. The molecule has 2 aliphatic heterocycles. The summed E-state index contributed by atoms with van der Waals surface area (Å²) in [5.41, 5.74) is 0.0771. The number of ether oxygens (including phenoxy) is 10. The third kappa shape index (κ3) is 14.0. The minimum Gasteiger partial charge on any atom is -0.460 e. The van der Waals surface area contributed by atoms with E-state index in [9.17, 15) is 33.6 Å². The molecule has 0 radical (unpaired) electrons. The molecule has 3 heterocycles. The Morgan fingerprint density at radius 3 is 1.12 bits per heavy atom. The molecule has 0 saturated carbocycles. The minimum atomic E-state index is -2.62. The summed E-state index contributed by atoms with van der Waals surface area (Å²) in [5.74, 6) is -6.81. The Morgan fingerprint density at radius 2 is 0.762 bits per heavy atom. The van der Waals surface area contributed by atoms with Crippen LogP contribution in [0.2, 0.25) is 0 Å². The number of imidazole rings is 1. The Kier molecular flexibility index (Phi) is 18.2. The molecule has 10 atom stereocenters. The van der Waals surface area contributed by atoms with Crippen LogP contribution >= 0.6 is 0 Å². The lowest BCUT2D eigenvalue weighted by molar-refractivity contribution is -0.671. The van der Waals surface area contributed by atoms with Gasteiger partial charge < -0.3 is 47.4 Å². The molecule has 6 aromatic carbocycles. The van der Waals surface area contributed by atoms with Crippen molar-refractivity contribution in [3.63, 3.8) is 0 Å². The van der Waals surface area contributed by atoms with Gasteiger partial charge in [-0.15, -0.1) is 0 Å². The highest BCUT2D eigenvalue weighted by molar-refractivity contribution is 5.93. The van der Waals surface area contributed by atoms with E-state index in [-0.39, 0.29) is 39.9 Å². The lowest BCUT2D eigenvalue weighted by Gasteiger charge is -2.45. The summed E-state index contributed by atoms with van der Waals surface area (Å²) in [6, 6.07) is 45.8. The second-order valence-corrected chi connectivity index (χ2v) is 18.3. The molecule has 10 unspecified atom stereocenters. The van der Waals surface area contributed by atoms with Crippen LogP contribution in [0.25, 0.3) is 0 Å². The monoisotopic (exact) mass is 1090 g/mol. The van der Waals surface area contributed by atoms with E-state index >= 15 is 4.39 Å². The van der Waals surface area contributed by atoms with E-state index in [2.05, 4.69) is 0 Å². The minimum absolute atomic E-state index is 0.00372. The topological polar surface area (TPSA) is 221 Å². The molecular formula is C60H52FN2O17+. The third-order valence-corrected chi connectivity index (χ3v) is 12.7. The van der Waals surface area contributed by atoms with Crippen molar-refractivity contribution in [1.82, 2.24) is 4.57 Å². The summed E-state index contributed by atoms with van der Waals surface area (Å²) < 4.78 is 81.1. The van der Waals surface area contributed by atoms with E-state index in [4.69, 9.17) is 47.4 Å². The molecule has 19 nitrogen and oxygen atoms in total. The van der Waals surface area contributed by atoms with Crippen LogP contribution < -0.4 is 4.57 Å². The molecule has 9 rings (SSSR count). The summed E-state index contributed by atoms with van der Waals surface area (Å²) >= 11 is 0. The van der Waals surface area contributed by atoms with Gasteiger partial charge in [0.05, 0.1) is 47.0 Å². The third-order valence-electron chi connectivity index (χ3n) is 12.7. The second kappa shape index (κ2) is 26.3. The van der Waals surface area contributed by atoms with Crippen LogP contribution in [0.1, 0.15) is 62.1 Å². The first-order valence-electron chi connectivity index (χ1n) is 25.2. The van der Waals surface area contributed by atoms with Gasteiger partial charge in [-0.1, -0.05) is 109 Å². The number of benzene rings is 6. The smallest absolute Gasteiger partial charge is 0.348 e. The van der Waals surface area contributed by atoms with Gasteiger partial charge in [0.25, 0.3) is 0 Å². The summed E-state index contributed by atoms with van der Waals surface area (Å²) in [4.78, 5) is 97.9. The predicted molar refractivity (Wildman–Crippen MR) is 275 cm³/mol. The van der Waals surface area contributed by atoms with E-state index in [0.717, 1.165) is 0 Å². The number of halogens is 1. The molecule has 7 aromatic rings. The number of hydrogen-bond acceptors (Lipinski definition) is 17. The largest absolute Gasteiger partial charge is 0.460 e. The number of alkyl halides is 1. The lowest BCUT2D eigenvalue weighted by Crippen LogP contribution is -2.64. The van der Waals surface area contributed by atoms with Crippen LogP contribution in [0, 0.1) is 0 Å². The average molecular weight is 1090 g/mol. The Labute approximate surface area is 457 Å². The van der Waals surface area contributed by atoms with Gasteiger partial charge in [0.2, 0.25) is 12.7 Å². The molecule has 2 saturated heterocycles. The molecule has 0 N–H and O–H groups in total. The van der Waals surface area contributed by atoms with Crippen molar-refractivity contribution in [2.45, 2.75) is 68.0 Å². The lowest BCUT2D eigenvalue weighted by atomic mass is 9.97. The maximum atomic E-state index is 17.0. The maximum absolute atomic E-state index is 17.0. The van der Waals surface area contributed by atoms with Crippen LogP contribution in [-0.2, 0) is 65.8 Å². The van der Waals surface area contributed by atoms with Gasteiger partial charge in [-0.3, -0.25) is 0 Å².